The number of aliphatic hydroxyl groups excluding tert-OH is 1. The Bertz CT molecular complexity index is 531. The maximum atomic E-state index is 12.4. The van der Waals surface area contributed by atoms with E-state index in [2.05, 4.69) is 11.6 Å². The van der Waals surface area contributed by atoms with Crippen LogP contribution in [0.15, 0.2) is 29.2 Å². The number of aliphatic hydroxyl groups is 1. The van der Waals surface area contributed by atoms with Gasteiger partial charge >= 0.3 is 0 Å². The number of rotatable bonds is 6. The largest absolute Gasteiger partial charge is 0.396 e. The molecule has 0 saturated heterocycles. The van der Waals surface area contributed by atoms with Gasteiger partial charge in [-0.2, -0.15) is 0 Å². The molecule has 1 aromatic carbocycles. The van der Waals surface area contributed by atoms with Crippen LogP contribution in [0.25, 0.3) is 0 Å². The van der Waals surface area contributed by atoms with E-state index < -0.39 is 10.0 Å². The van der Waals surface area contributed by atoms with E-state index in [-0.39, 0.29) is 12.6 Å². The first-order valence-electron chi connectivity index (χ1n) is 7.77. The highest BCUT2D eigenvalue weighted by Gasteiger charge is 2.24. The molecule has 0 aliphatic heterocycles. The molecule has 0 aromatic heterocycles. The molecule has 0 amide bonds. The van der Waals surface area contributed by atoms with Gasteiger partial charge in [-0.05, 0) is 55.7 Å². The number of hydrogen-bond donors (Lipinski definition) is 2. The van der Waals surface area contributed by atoms with Crippen LogP contribution in [0.2, 0.25) is 0 Å². The molecule has 0 radical (unpaired) electrons. The van der Waals surface area contributed by atoms with Gasteiger partial charge in [0.05, 0.1) is 4.90 Å². The Kier molecular flexibility index (Phi) is 5.79. The maximum Gasteiger partial charge on any atom is 0.240 e. The van der Waals surface area contributed by atoms with Gasteiger partial charge in [-0.1, -0.05) is 25.5 Å². The van der Waals surface area contributed by atoms with Crippen LogP contribution in [0.3, 0.4) is 0 Å². The molecule has 0 unspecified atom stereocenters. The predicted molar refractivity (Wildman–Crippen MR) is 83.6 cm³/mol. The average molecular weight is 311 g/mol. The zero-order chi connectivity index (χ0) is 15.3. The summed E-state index contributed by atoms with van der Waals surface area (Å²) in [6.07, 6.45) is 5.82. The summed E-state index contributed by atoms with van der Waals surface area (Å²) in [6.45, 7) is 2.27. The van der Waals surface area contributed by atoms with E-state index in [1.807, 2.05) is 0 Å². The van der Waals surface area contributed by atoms with Crippen molar-refractivity contribution in [3.05, 3.63) is 29.8 Å². The second-order valence-electron chi connectivity index (χ2n) is 5.86. The summed E-state index contributed by atoms with van der Waals surface area (Å²) < 4.78 is 27.6. The Balaban J connectivity index is 1.98. The highest BCUT2D eigenvalue weighted by molar-refractivity contribution is 7.89. The molecular formula is C16H25NO3S. The smallest absolute Gasteiger partial charge is 0.240 e. The van der Waals surface area contributed by atoms with Crippen LogP contribution in [0.1, 0.15) is 44.6 Å². The first-order chi connectivity index (χ1) is 10.0. The Labute approximate surface area is 127 Å². The summed E-state index contributed by atoms with van der Waals surface area (Å²) in [6, 6.07) is 6.82. The highest BCUT2D eigenvalue weighted by atomic mass is 32.2. The number of hydrogen-bond acceptors (Lipinski definition) is 3. The molecule has 1 aliphatic rings. The van der Waals surface area contributed by atoms with Crippen molar-refractivity contribution in [1.82, 2.24) is 4.72 Å². The van der Waals surface area contributed by atoms with E-state index in [0.29, 0.717) is 11.3 Å². The van der Waals surface area contributed by atoms with E-state index >= 15 is 0 Å². The van der Waals surface area contributed by atoms with Gasteiger partial charge in [-0.15, -0.1) is 0 Å². The molecule has 5 heteroatoms. The topological polar surface area (TPSA) is 66.4 Å². The van der Waals surface area contributed by atoms with Gasteiger partial charge in [0.15, 0.2) is 0 Å². The standard InChI is InChI=1S/C16H25NO3S/c1-2-13-3-7-15(8-4-13)17-21(19,20)16-9-5-14(6-10-16)11-12-18/h5-6,9-10,13,15,17-18H,2-4,7-8,11-12H2,1H3. The van der Waals surface area contributed by atoms with Crippen LogP contribution in [-0.2, 0) is 16.4 Å². The van der Waals surface area contributed by atoms with Crippen molar-refractivity contribution in [2.24, 2.45) is 5.92 Å². The first kappa shape index (κ1) is 16.5. The van der Waals surface area contributed by atoms with Crippen molar-refractivity contribution < 1.29 is 13.5 Å². The lowest BCUT2D eigenvalue weighted by atomic mass is 9.85. The monoisotopic (exact) mass is 311 g/mol. The molecule has 0 atom stereocenters. The van der Waals surface area contributed by atoms with Crippen LogP contribution in [0.5, 0.6) is 0 Å². The molecule has 1 aliphatic carbocycles. The van der Waals surface area contributed by atoms with E-state index in [0.717, 1.165) is 37.2 Å². The second-order valence-corrected chi connectivity index (χ2v) is 7.58. The minimum Gasteiger partial charge on any atom is -0.396 e. The van der Waals surface area contributed by atoms with Crippen LogP contribution in [-0.4, -0.2) is 26.2 Å². The van der Waals surface area contributed by atoms with E-state index in [9.17, 15) is 8.42 Å². The fourth-order valence-electron chi connectivity index (χ4n) is 2.94. The van der Waals surface area contributed by atoms with Gasteiger partial charge in [-0.3, -0.25) is 0 Å². The van der Waals surface area contributed by atoms with Gasteiger partial charge in [0.25, 0.3) is 0 Å². The molecule has 1 fully saturated rings. The summed E-state index contributed by atoms with van der Waals surface area (Å²) in [5, 5.41) is 8.88. The minimum absolute atomic E-state index is 0.0647. The summed E-state index contributed by atoms with van der Waals surface area (Å²) >= 11 is 0. The van der Waals surface area contributed by atoms with Crippen LogP contribution >= 0.6 is 0 Å². The van der Waals surface area contributed by atoms with Crippen molar-refractivity contribution >= 4 is 10.0 Å². The normalized spacial score (nSPS) is 23.1. The van der Waals surface area contributed by atoms with Crippen molar-refractivity contribution in [2.75, 3.05) is 6.61 Å². The maximum absolute atomic E-state index is 12.4. The number of benzene rings is 1. The van der Waals surface area contributed by atoms with Crippen molar-refractivity contribution in [2.45, 2.75) is 56.4 Å². The van der Waals surface area contributed by atoms with Crippen LogP contribution < -0.4 is 4.72 Å². The molecule has 0 heterocycles. The quantitative estimate of drug-likeness (QED) is 0.848. The molecule has 118 valence electrons. The SMILES string of the molecule is CCC1CCC(NS(=O)(=O)c2ccc(CCO)cc2)CC1. The van der Waals surface area contributed by atoms with Crippen LogP contribution in [0.4, 0.5) is 0 Å². The first-order valence-corrected chi connectivity index (χ1v) is 9.25. The van der Waals surface area contributed by atoms with Crippen molar-refractivity contribution in [1.29, 1.82) is 0 Å². The van der Waals surface area contributed by atoms with Gasteiger partial charge in [-0.25, -0.2) is 13.1 Å². The average Bonchev–Trinajstić information content (AvgIpc) is 2.48. The van der Waals surface area contributed by atoms with E-state index in [1.54, 1.807) is 24.3 Å². The zero-order valence-electron chi connectivity index (χ0n) is 12.6. The van der Waals surface area contributed by atoms with E-state index in [4.69, 9.17) is 5.11 Å². The van der Waals surface area contributed by atoms with Gasteiger partial charge in [0.2, 0.25) is 10.0 Å². The molecule has 2 rings (SSSR count). The Morgan fingerprint density at radius 1 is 1.14 bits per heavy atom. The van der Waals surface area contributed by atoms with Gasteiger partial charge in [0, 0.05) is 12.6 Å². The summed E-state index contributed by atoms with van der Waals surface area (Å²) in [5.41, 5.74) is 0.944. The third kappa shape index (κ3) is 4.53. The molecule has 0 spiro atoms. The predicted octanol–water partition coefficient (Wildman–Crippen LogP) is 2.47. The molecule has 4 nitrogen and oxygen atoms in total. The summed E-state index contributed by atoms with van der Waals surface area (Å²) in [4.78, 5) is 0.307. The minimum atomic E-state index is -3.43. The molecule has 0 bridgehead atoms. The fraction of sp³-hybridized carbons (Fsp3) is 0.625. The molecular weight excluding hydrogens is 286 g/mol. The molecule has 1 saturated carbocycles. The van der Waals surface area contributed by atoms with E-state index in [1.165, 1.54) is 6.42 Å². The summed E-state index contributed by atoms with van der Waals surface area (Å²) in [7, 11) is -3.43. The Morgan fingerprint density at radius 3 is 2.29 bits per heavy atom. The lowest BCUT2D eigenvalue weighted by Gasteiger charge is -2.28. The second kappa shape index (κ2) is 7.38. The zero-order valence-corrected chi connectivity index (χ0v) is 13.4. The van der Waals surface area contributed by atoms with Crippen LogP contribution in [0, 0.1) is 5.92 Å². The third-order valence-electron chi connectivity index (χ3n) is 4.38. The Morgan fingerprint density at radius 2 is 1.76 bits per heavy atom. The third-order valence-corrected chi connectivity index (χ3v) is 5.92. The number of nitrogens with one attached hydrogen (secondary N) is 1. The summed E-state index contributed by atoms with van der Waals surface area (Å²) in [5.74, 6) is 0.753. The molecule has 21 heavy (non-hydrogen) atoms. The molecule has 2 N–H and O–H groups in total. The highest BCUT2D eigenvalue weighted by Crippen LogP contribution is 2.27. The Hall–Kier alpha value is -0.910. The fourth-order valence-corrected chi connectivity index (χ4v) is 4.25. The lowest BCUT2D eigenvalue weighted by molar-refractivity contribution is 0.299. The number of sulfonamides is 1. The van der Waals surface area contributed by atoms with Gasteiger partial charge in [0.1, 0.15) is 0 Å². The van der Waals surface area contributed by atoms with Crippen molar-refractivity contribution in [3.8, 4) is 0 Å². The van der Waals surface area contributed by atoms with Crippen molar-refractivity contribution in [3.63, 3.8) is 0 Å². The molecule has 1 aromatic rings. The lowest BCUT2D eigenvalue weighted by Crippen LogP contribution is -2.37. The van der Waals surface area contributed by atoms with Gasteiger partial charge < -0.3 is 5.11 Å².